The molecule has 1 aliphatic heterocycles. The van der Waals surface area contributed by atoms with Gasteiger partial charge in [0, 0.05) is 5.69 Å². The number of benzene rings is 1. The molecule has 2 aromatic rings. The highest BCUT2D eigenvalue weighted by Gasteiger charge is 2.12. The van der Waals surface area contributed by atoms with Gasteiger partial charge in [-0.05, 0) is 41.5 Å². The fourth-order valence-corrected chi connectivity index (χ4v) is 2.75. The van der Waals surface area contributed by atoms with Crippen molar-refractivity contribution in [2.75, 3.05) is 5.32 Å². The van der Waals surface area contributed by atoms with Gasteiger partial charge >= 0.3 is 0 Å². The lowest BCUT2D eigenvalue weighted by atomic mass is 10.1. The standard InChI is InChI=1S/C12H11NS/c1-2-4-11-9(3-1)5-6-10-7-8-14-12(10)13-11/h1-4,7-8,13H,5-6H2. The van der Waals surface area contributed by atoms with Crippen molar-refractivity contribution in [3.05, 3.63) is 46.8 Å². The summed E-state index contributed by atoms with van der Waals surface area (Å²) in [6.07, 6.45) is 2.30. The van der Waals surface area contributed by atoms with Gasteiger partial charge in [0.15, 0.2) is 0 Å². The fraction of sp³-hybridized carbons (Fsp3) is 0.167. The van der Waals surface area contributed by atoms with Crippen LogP contribution in [0.25, 0.3) is 0 Å². The number of fused-ring (bicyclic) bond motifs is 2. The molecule has 0 radical (unpaired) electrons. The summed E-state index contributed by atoms with van der Waals surface area (Å²) in [5.41, 5.74) is 4.15. The van der Waals surface area contributed by atoms with Crippen molar-refractivity contribution in [2.24, 2.45) is 0 Å². The second kappa shape index (κ2) is 3.14. The van der Waals surface area contributed by atoms with Crippen molar-refractivity contribution in [3.63, 3.8) is 0 Å². The molecule has 3 rings (SSSR count). The van der Waals surface area contributed by atoms with Gasteiger partial charge in [0.25, 0.3) is 0 Å². The largest absolute Gasteiger partial charge is 0.347 e. The van der Waals surface area contributed by atoms with Crippen LogP contribution in [0.4, 0.5) is 10.7 Å². The third-order valence-corrected chi connectivity index (χ3v) is 3.55. The topological polar surface area (TPSA) is 12.0 Å². The molecule has 0 atom stereocenters. The molecular formula is C12H11NS. The van der Waals surface area contributed by atoms with Gasteiger partial charge in [-0.3, -0.25) is 0 Å². The second-order valence-electron chi connectivity index (χ2n) is 3.56. The Kier molecular flexibility index (Phi) is 1.81. The van der Waals surface area contributed by atoms with E-state index in [1.165, 1.54) is 21.8 Å². The minimum absolute atomic E-state index is 1.15. The average molecular weight is 201 g/mol. The molecule has 0 aliphatic carbocycles. The lowest BCUT2D eigenvalue weighted by molar-refractivity contribution is 0.981. The maximum Gasteiger partial charge on any atom is 0.0959 e. The van der Waals surface area contributed by atoms with Crippen LogP contribution in [0.15, 0.2) is 35.7 Å². The Balaban J connectivity index is 2.10. The van der Waals surface area contributed by atoms with Crippen LogP contribution < -0.4 is 5.32 Å². The first-order valence-electron chi connectivity index (χ1n) is 4.85. The Hall–Kier alpha value is -1.28. The van der Waals surface area contributed by atoms with E-state index in [0.29, 0.717) is 0 Å². The number of thiophene rings is 1. The van der Waals surface area contributed by atoms with Crippen molar-refractivity contribution in [1.82, 2.24) is 0 Å². The Morgan fingerprint density at radius 1 is 1.00 bits per heavy atom. The summed E-state index contributed by atoms with van der Waals surface area (Å²) in [5.74, 6) is 0. The predicted octanol–water partition coefficient (Wildman–Crippen LogP) is 3.59. The van der Waals surface area contributed by atoms with Crippen LogP contribution in [0.2, 0.25) is 0 Å². The quantitative estimate of drug-likeness (QED) is 0.686. The number of anilines is 2. The molecule has 70 valence electrons. The minimum Gasteiger partial charge on any atom is -0.347 e. The number of aryl methyl sites for hydroxylation is 2. The number of rotatable bonds is 0. The van der Waals surface area contributed by atoms with Gasteiger partial charge in [-0.15, -0.1) is 11.3 Å². The summed E-state index contributed by atoms with van der Waals surface area (Å²) < 4.78 is 0. The van der Waals surface area contributed by atoms with Crippen LogP contribution in [0.1, 0.15) is 11.1 Å². The number of hydrogen-bond donors (Lipinski definition) is 1. The Bertz CT molecular complexity index is 459. The van der Waals surface area contributed by atoms with Gasteiger partial charge in [0.2, 0.25) is 0 Å². The van der Waals surface area contributed by atoms with Gasteiger partial charge < -0.3 is 5.32 Å². The highest BCUT2D eigenvalue weighted by molar-refractivity contribution is 7.14. The lowest BCUT2D eigenvalue weighted by Crippen LogP contribution is -1.90. The average Bonchev–Trinajstić information content (AvgIpc) is 2.58. The number of para-hydroxylation sites is 1. The van der Waals surface area contributed by atoms with Gasteiger partial charge in [0.05, 0.1) is 5.00 Å². The Morgan fingerprint density at radius 3 is 2.86 bits per heavy atom. The maximum atomic E-state index is 3.50. The molecule has 0 saturated heterocycles. The Labute approximate surface area is 87.4 Å². The fourth-order valence-electron chi connectivity index (χ4n) is 1.89. The molecular weight excluding hydrogens is 190 g/mol. The summed E-state index contributed by atoms with van der Waals surface area (Å²) in [6, 6.07) is 10.8. The van der Waals surface area contributed by atoms with E-state index in [1.54, 1.807) is 11.3 Å². The summed E-state index contributed by atoms with van der Waals surface area (Å²) in [7, 11) is 0. The molecule has 0 unspecified atom stereocenters. The SMILES string of the molecule is c1ccc2c(c1)CCc1ccsc1N2. The Morgan fingerprint density at radius 2 is 1.86 bits per heavy atom. The molecule has 0 bridgehead atoms. The first-order valence-corrected chi connectivity index (χ1v) is 5.73. The first kappa shape index (κ1) is 8.06. The number of hydrogen-bond acceptors (Lipinski definition) is 2. The van der Waals surface area contributed by atoms with Crippen molar-refractivity contribution in [3.8, 4) is 0 Å². The van der Waals surface area contributed by atoms with Crippen molar-refractivity contribution in [2.45, 2.75) is 12.8 Å². The third-order valence-electron chi connectivity index (χ3n) is 2.68. The predicted molar refractivity (Wildman–Crippen MR) is 61.5 cm³/mol. The molecule has 14 heavy (non-hydrogen) atoms. The van der Waals surface area contributed by atoms with Crippen LogP contribution in [0, 0.1) is 0 Å². The van der Waals surface area contributed by atoms with E-state index in [4.69, 9.17) is 0 Å². The van der Waals surface area contributed by atoms with E-state index in [0.717, 1.165) is 12.8 Å². The summed E-state index contributed by atoms with van der Waals surface area (Å²) >= 11 is 1.79. The van der Waals surface area contributed by atoms with Crippen LogP contribution >= 0.6 is 11.3 Å². The number of nitrogens with one attached hydrogen (secondary N) is 1. The van der Waals surface area contributed by atoms with E-state index >= 15 is 0 Å². The molecule has 1 aromatic heterocycles. The van der Waals surface area contributed by atoms with Gasteiger partial charge in [-0.1, -0.05) is 18.2 Å². The van der Waals surface area contributed by atoms with E-state index in [1.807, 2.05) is 0 Å². The molecule has 1 nitrogen and oxygen atoms in total. The molecule has 2 heteroatoms. The molecule has 0 amide bonds. The summed E-state index contributed by atoms with van der Waals surface area (Å²) in [4.78, 5) is 0. The lowest BCUT2D eigenvalue weighted by Gasteiger charge is -2.05. The van der Waals surface area contributed by atoms with Crippen molar-refractivity contribution >= 4 is 22.0 Å². The third kappa shape index (κ3) is 1.23. The first-order chi connectivity index (χ1) is 6.93. The van der Waals surface area contributed by atoms with Gasteiger partial charge in [0.1, 0.15) is 0 Å². The molecule has 0 spiro atoms. The highest BCUT2D eigenvalue weighted by Crippen LogP contribution is 2.33. The monoisotopic (exact) mass is 201 g/mol. The van der Waals surface area contributed by atoms with Crippen LogP contribution in [0.5, 0.6) is 0 Å². The molecule has 1 aromatic carbocycles. The minimum atomic E-state index is 1.15. The molecule has 2 heterocycles. The highest BCUT2D eigenvalue weighted by atomic mass is 32.1. The van der Waals surface area contributed by atoms with E-state index in [2.05, 4.69) is 41.0 Å². The second-order valence-corrected chi connectivity index (χ2v) is 4.47. The van der Waals surface area contributed by atoms with Gasteiger partial charge in [-0.2, -0.15) is 0 Å². The van der Waals surface area contributed by atoms with Gasteiger partial charge in [-0.25, -0.2) is 0 Å². The molecule has 0 saturated carbocycles. The normalized spacial score (nSPS) is 13.7. The van der Waals surface area contributed by atoms with Crippen molar-refractivity contribution in [1.29, 1.82) is 0 Å². The zero-order valence-corrected chi connectivity index (χ0v) is 8.60. The van der Waals surface area contributed by atoms with E-state index in [9.17, 15) is 0 Å². The zero-order chi connectivity index (χ0) is 9.38. The smallest absolute Gasteiger partial charge is 0.0959 e. The van der Waals surface area contributed by atoms with Crippen LogP contribution in [-0.4, -0.2) is 0 Å². The molecule has 0 fully saturated rings. The molecule has 1 N–H and O–H groups in total. The van der Waals surface area contributed by atoms with E-state index in [-0.39, 0.29) is 0 Å². The van der Waals surface area contributed by atoms with Crippen molar-refractivity contribution < 1.29 is 0 Å². The van der Waals surface area contributed by atoms with Crippen LogP contribution in [0.3, 0.4) is 0 Å². The van der Waals surface area contributed by atoms with Crippen LogP contribution in [-0.2, 0) is 12.8 Å². The summed E-state index contributed by atoms with van der Waals surface area (Å²) in [5, 5.41) is 6.97. The van der Waals surface area contributed by atoms with E-state index < -0.39 is 0 Å². The summed E-state index contributed by atoms with van der Waals surface area (Å²) in [6.45, 7) is 0. The zero-order valence-electron chi connectivity index (χ0n) is 7.79. The molecule has 1 aliphatic rings. The maximum absolute atomic E-state index is 3.50.